The lowest BCUT2D eigenvalue weighted by Crippen LogP contribution is -2.47. The van der Waals surface area contributed by atoms with Gasteiger partial charge in [0.1, 0.15) is 11.8 Å². The molecule has 1 aliphatic rings. The number of hydrogen-bond donors (Lipinski definition) is 1. The van der Waals surface area contributed by atoms with Gasteiger partial charge in [-0.15, -0.1) is 0 Å². The molecule has 1 aromatic rings. The number of carbonyl (C=O) groups is 2. The van der Waals surface area contributed by atoms with Crippen molar-refractivity contribution in [2.75, 3.05) is 13.7 Å². The minimum atomic E-state index is -4.10. The molecule has 0 radical (unpaired) electrons. The number of nitrogens with one attached hydrogen (secondary N) is 1. The van der Waals surface area contributed by atoms with Crippen molar-refractivity contribution >= 4 is 21.8 Å². The number of methoxy groups -OCH3 is 1. The van der Waals surface area contributed by atoms with Gasteiger partial charge in [-0.1, -0.05) is 13.8 Å². The van der Waals surface area contributed by atoms with Gasteiger partial charge < -0.3 is 10.1 Å². The largest absolute Gasteiger partial charge is 0.496 e. The number of ether oxygens (including phenoxy) is 1. The fourth-order valence-corrected chi connectivity index (χ4v) is 4.62. The summed E-state index contributed by atoms with van der Waals surface area (Å²) in [6.07, 6.45) is 1.02. The number of sulfonamides is 1. The molecule has 144 valence electrons. The van der Waals surface area contributed by atoms with Crippen LogP contribution >= 0.6 is 0 Å². The molecule has 1 fully saturated rings. The molecule has 0 unspecified atom stereocenters. The van der Waals surface area contributed by atoms with E-state index in [1.807, 2.05) is 13.8 Å². The monoisotopic (exact) mass is 382 g/mol. The highest BCUT2D eigenvalue weighted by Gasteiger charge is 2.44. The Morgan fingerprint density at radius 2 is 2.08 bits per heavy atom. The number of benzene rings is 1. The van der Waals surface area contributed by atoms with Crippen molar-refractivity contribution in [3.63, 3.8) is 0 Å². The van der Waals surface area contributed by atoms with Crippen LogP contribution in [0.1, 0.15) is 38.7 Å². The molecule has 0 aromatic heterocycles. The van der Waals surface area contributed by atoms with Gasteiger partial charge in [-0.3, -0.25) is 9.59 Å². The molecule has 1 atom stereocenters. The first-order chi connectivity index (χ1) is 12.2. The van der Waals surface area contributed by atoms with Crippen molar-refractivity contribution < 1.29 is 22.7 Å². The number of amides is 2. The molecular formula is C18H26N2O5S. The topological polar surface area (TPSA) is 92.8 Å². The third-order valence-electron chi connectivity index (χ3n) is 4.41. The maximum absolute atomic E-state index is 13.0. The molecule has 1 aliphatic heterocycles. The van der Waals surface area contributed by atoms with Crippen molar-refractivity contribution in [2.45, 2.75) is 51.0 Å². The summed E-state index contributed by atoms with van der Waals surface area (Å²) in [4.78, 5) is 24.7. The third kappa shape index (κ3) is 4.17. The van der Waals surface area contributed by atoms with Gasteiger partial charge in [-0.2, -0.15) is 0 Å². The summed E-state index contributed by atoms with van der Waals surface area (Å²) in [5, 5.41) is 2.74. The molecule has 8 heteroatoms. The van der Waals surface area contributed by atoms with Crippen LogP contribution in [-0.4, -0.2) is 44.2 Å². The minimum absolute atomic E-state index is 0.0222. The average molecular weight is 382 g/mol. The lowest BCUT2D eigenvalue weighted by Gasteiger charge is -2.24. The predicted octanol–water partition coefficient (Wildman–Crippen LogP) is 1.85. The van der Waals surface area contributed by atoms with Crippen LogP contribution in [0.4, 0.5) is 0 Å². The van der Waals surface area contributed by atoms with E-state index >= 15 is 0 Å². The van der Waals surface area contributed by atoms with E-state index in [0.29, 0.717) is 23.8 Å². The first-order valence-electron chi connectivity index (χ1n) is 8.68. The molecular weight excluding hydrogens is 356 g/mol. The Labute approximate surface area is 154 Å². The molecule has 0 aliphatic carbocycles. The zero-order valence-corrected chi connectivity index (χ0v) is 16.4. The molecule has 1 saturated heterocycles. The summed E-state index contributed by atoms with van der Waals surface area (Å²) in [6, 6.07) is 3.39. The van der Waals surface area contributed by atoms with E-state index in [1.54, 1.807) is 13.0 Å². The Bertz CT molecular complexity index is 789. The van der Waals surface area contributed by atoms with Crippen LogP contribution < -0.4 is 10.1 Å². The second kappa shape index (κ2) is 8.07. The Hall–Kier alpha value is -2.09. The smallest absolute Gasteiger partial charge is 0.267 e. The fraction of sp³-hybridized carbons (Fsp3) is 0.556. The summed E-state index contributed by atoms with van der Waals surface area (Å²) >= 11 is 0. The maximum atomic E-state index is 13.0. The van der Waals surface area contributed by atoms with E-state index in [0.717, 1.165) is 10.7 Å². The van der Waals surface area contributed by atoms with Gasteiger partial charge >= 0.3 is 0 Å². The van der Waals surface area contributed by atoms with Crippen molar-refractivity contribution in [1.29, 1.82) is 0 Å². The van der Waals surface area contributed by atoms with Crippen molar-refractivity contribution in [3.8, 4) is 5.75 Å². The van der Waals surface area contributed by atoms with Gasteiger partial charge in [0.2, 0.25) is 11.8 Å². The number of aryl methyl sites for hydroxylation is 1. The minimum Gasteiger partial charge on any atom is -0.496 e. The van der Waals surface area contributed by atoms with Crippen LogP contribution in [0.25, 0.3) is 0 Å². The Morgan fingerprint density at radius 1 is 1.38 bits per heavy atom. The highest BCUT2D eigenvalue weighted by atomic mass is 32.2. The second-order valence-electron chi connectivity index (χ2n) is 6.85. The molecule has 26 heavy (non-hydrogen) atoms. The molecule has 7 nitrogen and oxygen atoms in total. The maximum Gasteiger partial charge on any atom is 0.267 e. The van der Waals surface area contributed by atoms with Crippen molar-refractivity contribution in [1.82, 2.24) is 9.62 Å². The summed E-state index contributed by atoms with van der Waals surface area (Å²) in [7, 11) is -2.61. The van der Waals surface area contributed by atoms with E-state index in [2.05, 4.69) is 5.32 Å². The van der Waals surface area contributed by atoms with Crippen LogP contribution in [0.3, 0.4) is 0 Å². The molecule has 0 spiro atoms. The number of carbonyl (C=O) groups excluding carboxylic acids is 2. The normalized spacial score (nSPS) is 17.7. The van der Waals surface area contributed by atoms with Crippen molar-refractivity contribution in [2.24, 2.45) is 5.92 Å². The number of hydrogen-bond acceptors (Lipinski definition) is 5. The summed E-state index contributed by atoms with van der Waals surface area (Å²) in [6.45, 7) is 6.25. The Balaban J connectivity index is 2.26. The van der Waals surface area contributed by atoms with Gasteiger partial charge in [0, 0.05) is 13.0 Å². The van der Waals surface area contributed by atoms with Gasteiger partial charge in [0.05, 0.1) is 12.0 Å². The van der Waals surface area contributed by atoms with E-state index in [1.165, 1.54) is 19.2 Å². The van der Waals surface area contributed by atoms with Crippen LogP contribution in [0.5, 0.6) is 5.75 Å². The quantitative estimate of drug-likeness (QED) is 0.777. The van der Waals surface area contributed by atoms with Gasteiger partial charge in [-0.25, -0.2) is 12.7 Å². The van der Waals surface area contributed by atoms with Crippen LogP contribution in [-0.2, 0) is 19.6 Å². The molecule has 1 heterocycles. The first kappa shape index (κ1) is 20.2. The predicted molar refractivity (Wildman–Crippen MR) is 97.2 cm³/mol. The number of rotatable bonds is 7. The second-order valence-corrected chi connectivity index (χ2v) is 8.67. The highest BCUT2D eigenvalue weighted by molar-refractivity contribution is 7.89. The van der Waals surface area contributed by atoms with Gasteiger partial charge in [0.25, 0.3) is 10.0 Å². The summed E-state index contributed by atoms with van der Waals surface area (Å²) in [5.41, 5.74) is 0.637. The lowest BCUT2D eigenvalue weighted by atomic mass is 10.1. The van der Waals surface area contributed by atoms with E-state index in [-0.39, 0.29) is 17.7 Å². The standard InChI is InChI=1S/C18H26N2O5S/c1-12(2)9-10-19-18(22)15-6-8-17(21)20(15)26(23,24)14-5-7-16(25-4)13(3)11-14/h5,7,11-12,15H,6,8-10H2,1-4H3,(H,19,22)/t15-/m1/s1. The zero-order valence-electron chi connectivity index (χ0n) is 15.6. The Kier molecular flexibility index (Phi) is 6.28. The van der Waals surface area contributed by atoms with Crippen LogP contribution in [0.15, 0.2) is 23.1 Å². The van der Waals surface area contributed by atoms with Gasteiger partial charge in [0.15, 0.2) is 0 Å². The Morgan fingerprint density at radius 3 is 2.65 bits per heavy atom. The fourth-order valence-electron chi connectivity index (χ4n) is 2.93. The molecule has 2 rings (SSSR count). The molecule has 0 bridgehead atoms. The molecule has 1 N–H and O–H groups in total. The molecule has 2 amide bonds. The van der Waals surface area contributed by atoms with Crippen molar-refractivity contribution in [3.05, 3.63) is 23.8 Å². The SMILES string of the molecule is COc1ccc(S(=O)(=O)N2C(=O)CC[C@@H]2C(=O)NCCC(C)C)cc1C. The molecule has 1 aromatic carbocycles. The van der Waals surface area contributed by atoms with Gasteiger partial charge in [-0.05, 0) is 49.4 Å². The third-order valence-corrected chi connectivity index (χ3v) is 6.23. The lowest BCUT2D eigenvalue weighted by molar-refractivity contribution is -0.130. The first-order valence-corrected chi connectivity index (χ1v) is 10.1. The zero-order chi connectivity index (χ0) is 19.5. The summed E-state index contributed by atoms with van der Waals surface area (Å²) in [5.74, 6) is -0.00455. The average Bonchev–Trinajstić information content (AvgIpc) is 2.96. The van der Waals surface area contributed by atoms with Crippen LogP contribution in [0.2, 0.25) is 0 Å². The molecule has 0 saturated carbocycles. The van der Waals surface area contributed by atoms with E-state index < -0.39 is 27.9 Å². The highest BCUT2D eigenvalue weighted by Crippen LogP contribution is 2.29. The van der Waals surface area contributed by atoms with E-state index in [9.17, 15) is 18.0 Å². The van der Waals surface area contributed by atoms with Crippen LogP contribution in [0, 0.1) is 12.8 Å². The number of nitrogens with zero attached hydrogens (tertiary/aromatic N) is 1. The van der Waals surface area contributed by atoms with E-state index in [4.69, 9.17) is 4.74 Å². The summed E-state index contributed by atoms with van der Waals surface area (Å²) < 4.78 is 31.8.